The zero-order chi connectivity index (χ0) is 23.7. The van der Waals surface area contributed by atoms with Gasteiger partial charge in [-0.25, -0.2) is 0 Å². The molecule has 0 bridgehead atoms. The Morgan fingerprint density at radius 2 is 0.939 bits per heavy atom. The van der Waals surface area contributed by atoms with E-state index in [1.165, 1.54) is 28.9 Å². The van der Waals surface area contributed by atoms with Gasteiger partial charge in [0, 0.05) is 0 Å². The molecule has 0 aliphatic rings. The van der Waals surface area contributed by atoms with Gasteiger partial charge >= 0.3 is 0 Å². The van der Waals surface area contributed by atoms with E-state index in [2.05, 4.69) is 64.1 Å². The Bertz CT molecular complexity index is 732. The maximum atomic E-state index is 6.13. The van der Waals surface area contributed by atoms with E-state index in [1.54, 1.807) is 0 Å². The van der Waals surface area contributed by atoms with Gasteiger partial charge in [-0.1, -0.05) is 70.5 Å². The zero-order valence-corrected chi connectivity index (χ0v) is 24.1. The minimum atomic E-state index is -0.394. The van der Waals surface area contributed by atoms with Crippen LogP contribution in [-0.2, 0) is 0 Å². The van der Waals surface area contributed by atoms with E-state index < -0.39 is 19.0 Å². The standard InChI is InChI=1S/C27H44O4Si2/c1-5-16-28-22-12-9-14-24(26(22)30-18-7-3)32-20-11-21-33-25-15-10-13-23(29-17-6-2)27(25)31-19-8-4/h9-10,12-15H,5-8,11,16-21,32-33H2,1-4H3. The SMILES string of the molecule is CCCOc1cccc([SiH2]CCC[SiH2]c2cccc(OCCC)c2OCCC)c1OCCC. The molecule has 0 N–H and O–H groups in total. The van der Waals surface area contributed by atoms with Gasteiger partial charge in [-0.05, 0) is 48.2 Å². The molecule has 0 amide bonds. The first-order chi connectivity index (χ1) is 16.2. The highest BCUT2D eigenvalue weighted by molar-refractivity contribution is 6.56. The molecule has 0 aliphatic heterocycles. The van der Waals surface area contributed by atoms with Crippen LogP contribution in [0.15, 0.2) is 36.4 Å². The Kier molecular flexibility index (Phi) is 13.8. The Morgan fingerprint density at radius 3 is 1.33 bits per heavy atom. The van der Waals surface area contributed by atoms with E-state index in [0.717, 1.165) is 75.1 Å². The first-order valence-electron chi connectivity index (χ1n) is 13.0. The Hall–Kier alpha value is -1.93. The van der Waals surface area contributed by atoms with E-state index in [9.17, 15) is 0 Å². The third-order valence-electron chi connectivity index (χ3n) is 5.34. The summed E-state index contributed by atoms with van der Waals surface area (Å²) in [5.74, 6) is 3.86. The minimum Gasteiger partial charge on any atom is -0.490 e. The van der Waals surface area contributed by atoms with Gasteiger partial charge in [-0.3, -0.25) is 0 Å². The molecule has 0 heterocycles. The van der Waals surface area contributed by atoms with Crippen molar-refractivity contribution >= 4 is 29.4 Å². The van der Waals surface area contributed by atoms with Crippen LogP contribution in [-0.4, -0.2) is 45.5 Å². The van der Waals surface area contributed by atoms with Crippen molar-refractivity contribution < 1.29 is 18.9 Å². The van der Waals surface area contributed by atoms with E-state index in [1.807, 2.05) is 0 Å². The number of benzene rings is 2. The Morgan fingerprint density at radius 1 is 0.545 bits per heavy atom. The molecule has 2 rings (SSSR count). The number of hydrogen-bond acceptors (Lipinski definition) is 4. The monoisotopic (exact) mass is 488 g/mol. The first kappa shape index (κ1) is 27.3. The second kappa shape index (κ2) is 16.7. The lowest BCUT2D eigenvalue weighted by atomic mass is 10.3. The van der Waals surface area contributed by atoms with E-state index in [-0.39, 0.29) is 0 Å². The maximum Gasteiger partial charge on any atom is 0.161 e. The fraction of sp³-hybridized carbons (Fsp3) is 0.556. The fourth-order valence-corrected chi connectivity index (χ4v) is 8.00. The van der Waals surface area contributed by atoms with Crippen LogP contribution in [0.5, 0.6) is 23.0 Å². The molecule has 2 aromatic rings. The van der Waals surface area contributed by atoms with Gasteiger partial charge in [0.15, 0.2) is 23.0 Å². The van der Waals surface area contributed by atoms with Crippen LogP contribution in [0.2, 0.25) is 12.1 Å². The van der Waals surface area contributed by atoms with Gasteiger partial charge in [0.05, 0.1) is 45.5 Å². The summed E-state index contributed by atoms with van der Waals surface area (Å²) in [5, 5.41) is 2.81. The predicted molar refractivity (Wildman–Crippen MR) is 147 cm³/mol. The fourth-order valence-electron chi connectivity index (χ4n) is 3.71. The summed E-state index contributed by atoms with van der Waals surface area (Å²) < 4.78 is 24.2. The van der Waals surface area contributed by atoms with Crippen LogP contribution in [0, 0.1) is 0 Å². The van der Waals surface area contributed by atoms with Crippen molar-refractivity contribution in [3.63, 3.8) is 0 Å². The molecular formula is C27H44O4Si2. The van der Waals surface area contributed by atoms with Gasteiger partial charge in [0.25, 0.3) is 0 Å². The van der Waals surface area contributed by atoms with Crippen molar-refractivity contribution in [2.75, 3.05) is 26.4 Å². The largest absolute Gasteiger partial charge is 0.490 e. The van der Waals surface area contributed by atoms with E-state index >= 15 is 0 Å². The number of rotatable bonds is 18. The lowest BCUT2D eigenvalue weighted by Crippen LogP contribution is -2.21. The Labute approximate surface area is 206 Å². The molecule has 0 saturated heterocycles. The summed E-state index contributed by atoms with van der Waals surface area (Å²) in [7, 11) is -0.788. The van der Waals surface area contributed by atoms with Crippen LogP contribution in [0.25, 0.3) is 0 Å². The van der Waals surface area contributed by atoms with Gasteiger partial charge in [-0.15, -0.1) is 0 Å². The number of hydrogen-bond donors (Lipinski definition) is 0. The molecule has 6 heteroatoms. The highest BCUT2D eigenvalue weighted by Gasteiger charge is 2.13. The van der Waals surface area contributed by atoms with Crippen LogP contribution < -0.4 is 29.3 Å². The molecule has 4 nitrogen and oxygen atoms in total. The highest BCUT2D eigenvalue weighted by atomic mass is 28.2. The third-order valence-corrected chi connectivity index (χ3v) is 9.24. The summed E-state index contributed by atoms with van der Waals surface area (Å²) in [6.45, 7) is 11.6. The maximum absolute atomic E-state index is 6.13. The molecule has 0 aliphatic carbocycles. The van der Waals surface area contributed by atoms with E-state index in [0.29, 0.717) is 0 Å². The molecule has 0 spiro atoms. The zero-order valence-electron chi connectivity index (χ0n) is 21.3. The smallest absolute Gasteiger partial charge is 0.161 e. The van der Waals surface area contributed by atoms with Gasteiger partial charge < -0.3 is 18.9 Å². The van der Waals surface area contributed by atoms with Crippen molar-refractivity contribution in [3.05, 3.63) is 36.4 Å². The first-order valence-corrected chi connectivity index (χ1v) is 16.4. The van der Waals surface area contributed by atoms with Crippen molar-refractivity contribution in [2.45, 2.75) is 71.9 Å². The van der Waals surface area contributed by atoms with Crippen molar-refractivity contribution in [1.29, 1.82) is 0 Å². The number of ether oxygens (including phenoxy) is 4. The highest BCUT2D eigenvalue weighted by Crippen LogP contribution is 2.26. The molecule has 184 valence electrons. The molecule has 0 radical (unpaired) electrons. The van der Waals surface area contributed by atoms with Crippen molar-refractivity contribution in [2.24, 2.45) is 0 Å². The summed E-state index contributed by atoms with van der Waals surface area (Å²) in [4.78, 5) is 0. The summed E-state index contributed by atoms with van der Waals surface area (Å²) in [6, 6.07) is 15.4. The van der Waals surface area contributed by atoms with E-state index in [4.69, 9.17) is 18.9 Å². The Balaban J connectivity index is 1.95. The molecule has 0 saturated carbocycles. The minimum absolute atomic E-state index is 0.394. The molecule has 2 aromatic carbocycles. The molecular weight excluding hydrogens is 444 g/mol. The molecule has 33 heavy (non-hydrogen) atoms. The third kappa shape index (κ3) is 9.45. The lowest BCUT2D eigenvalue weighted by molar-refractivity contribution is 0.270. The van der Waals surface area contributed by atoms with Gasteiger partial charge in [-0.2, -0.15) is 0 Å². The summed E-state index contributed by atoms with van der Waals surface area (Å²) in [5.41, 5.74) is 0. The summed E-state index contributed by atoms with van der Waals surface area (Å²) >= 11 is 0. The molecule has 0 atom stereocenters. The second-order valence-electron chi connectivity index (χ2n) is 8.44. The molecule has 0 unspecified atom stereocenters. The average molecular weight is 489 g/mol. The summed E-state index contributed by atoms with van der Waals surface area (Å²) in [6.07, 6.45) is 5.32. The van der Waals surface area contributed by atoms with Crippen molar-refractivity contribution in [3.8, 4) is 23.0 Å². The number of para-hydroxylation sites is 2. The van der Waals surface area contributed by atoms with Gasteiger partial charge in [0.2, 0.25) is 0 Å². The predicted octanol–water partition coefficient (Wildman–Crippen LogP) is 4.36. The van der Waals surface area contributed by atoms with Gasteiger partial charge in [0.1, 0.15) is 0 Å². The molecule has 0 aromatic heterocycles. The quantitative estimate of drug-likeness (QED) is 0.231. The lowest BCUT2D eigenvalue weighted by Gasteiger charge is -2.17. The topological polar surface area (TPSA) is 36.9 Å². The second-order valence-corrected chi connectivity index (χ2v) is 12.4. The van der Waals surface area contributed by atoms with Crippen LogP contribution >= 0.6 is 0 Å². The van der Waals surface area contributed by atoms with Crippen molar-refractivity contribution in [1.82, 2.24) is 0 Å². The van der Waals surface area contributed by atoms with Crippen LogP contribution in [0.4, 0.5) is 0 Å². The normalized spacial score (nSPS) is 11.5. The van der Waals surface area contributed by atoms with Crippen LogP contribution in [0.3, 0.4) is 0 Å². The molecule has 0 fully saturated rings. The average Bonchev–Trinajstić information content (AvgIpc) is 2.84. The van der Waals surface area contributed by atoms with Crippen LogP contribution in [0.1, 0.15) is 59.8 Å².